The highest BCUT2D eigenvalue weighted by molar-refractivity contribution is 4.79. The van der Waals surface area contributed by atoms with E-state index in [1.54, 1.807) is 7.11 Å². The molecule has 3 heteroatoms. The van der Waals surface area contributed by atoms with Gasteiger partial charge >= 0.3 is 0 Å². The average molecular weight is 187 g/mol. The van der Waals surface area contributed by atoms with Crippen molar-refractivity contribution in [1.29, 1.82) is 0 Å². The third-order valence-electron chi connectivity index (χ3n) is 2.77. The summed E-state index contributed by atoms with van der Waals surface area (Å²) in [7, 11) is 1.74. The predicted octanol–water partition coefficient (Wildman–Crippen LogP) is 0.870. The van der Waals surface area contributed by atoms with Crippen LogP contribution in [-0.2, 0) is 4.74 Å². The lowest BCUT2D eigenvalue weighted by atomic mass is 9.91. The van der Waals surface area contributed by atoms with Gasteiger partial charge in [-0.25, -0.2) is 0 Å². The van der Waals surface area contributed by atoms with Crippen LogP contribution < -0.4 is 0 Å². The number of aliphatic hydroxyl groups excluding tert-OH is 1. The van der Waals surface area contributed by atoms with Crippen LogP contribution >= 0.6 is 0 Å². The van der Waals surface area contributed by atoms with Crippen LogP contribution in [0.25, 0.3) is 0 Å². The molecule has 3 nitrogen and oxygen atoms in total. The summed E-state index contributed by atoms with van der Waals surface area (Å²) in [5, 5.41) is 8.89. The lowest BCUT2D eigenvalue weighted by molar-refractivity contribution is 0.0883. The summed E-state index contributed by atoms with van der Waals surface area (Å²) in [5.74, 6) is 0. The minimum Gasteiger partial charge on any atom is -0.395 e. The number of ether oxygens (including phenoxy) is 1. The standard InChI is InChI=1S/C10H21NO2/c1-13-9-3-6-11(7-8-12)10-4-2-5-10/h10,12H,2-9H2,1H3. The molecule has 0 amide bonds. The quantitative estimate of drug-likeness (QED) is 0.600. The van der Waals surface area contributed by atoms with Crippen molar-refractivity contribution in [2.24, 2.45) is 0 Å². The van der Waals surface area contributed by atoms with Gasteiger partial charge in [0.1, 0.15) is 0 Å². The Bertz CT molecular complexity index is 126. The van der Waals surface area contributed by atoms with E-state index in [1.165, 1.54) is 19.3 Å². The van der Waals surface area contributed by atoms with Crippen molar-refractivity contribution in [1.82, 2.24) is 4.90 Å². The molecule has 0 radical (unpaired) electrons. The third kappa shape index (κ3) is 3.63. The Kier molecular flexibility index (Phi) is 5.35. The third-order valence-corrected chi connectivity index (χ3v) is 2.77. The van der Waals surface area contributed by atoms with Crippen molar-refractivity contribution < 1.29 is 9.84 Å². The van der Waals surface area contributed by atoms with Gasteiger partial charge in [0.2, 0.25) is 0 Å². The molecule has 0 unspecified atom stereocenters. The first-order valence-electron chi connectivity index (χ1n) is 5.22. The Morgan fingerprint density at radius 1 is 1.38 bits per heavy atom. The van der Waals surface area contributed by atoms with E-state index < -0.39 is 0 Å². The van der Waals surface area contributed by atoms with Gasteiger partial charge in [-0.05, 0) is 19.3 Å². The fourth-order valence-electron chi connectivity index (χ4n) is 1.77. The maximum absolute atomic E-state index is 8.89. The average Bonchev–Trinajstić information content (AvgIpc) is 2.02. The summed E-state index contributed by atoms with van der Waals surface area (Å²) < 4.78 is 5.01. The van der Waals surface area contributed by atoms with Gasteiger partial charge in [0.05, 0.1) is 6.61 Å². The number of hydrogen-bond donors (Lipinski definition) is 1. The van der Waals surface area contributed by atoms with Gasteiger partial charge in [0.25, 0.3) is 0 Å². The number of nitrogens with zero attached hydrogens (tertiary/aromatic N) is 1. The topological polar surface area (TPSA) is 32.7 Å². The molecule has 13 heavy (non-hydrogen) atoms. The van der Waals surface area contributed by atoms with Gasteiger partial charge in [-0.1, -0.05) is 6.42 Å². The maximum Gasteiger partial charge on any atom is 0.0558 e. The molecule has 0 bridgehead atoms. The fraction of sp³-hybridized carbons (Fsp3) is 1.00. The lowest BCUT2D eigenvalue weighted by Gasteiger charge is -2.37. The molecule has 1 rings (SSSR count). The number of hydrogen-bond acceptors (Lipinski definition) is 3. The van der Waals surface area contributed by atoms with Gasteiger partial charge in [-0.15, -0.1) is 0 Å². The summed E-state index contributed by atoms with van der Waals surface area (Å²) in [6, 6.07) is 0.740. The van der Waals surface area contributed by atoms with E-state index in [0.29, 0.717) is 0 Å². The van der Waals surface area contributed by atoms with Gasteiger partial charge in [-0.2, -0.15) is 0 Å². The molecule has 0 heterocycles. The van der Waals surface area contributed by atoms with Crippen LogP contribution in [0.5, 0.6) is 0 Å². The van der Waals surface area contributed by atoms with Crippen molar-refractivity contribution in [2.45, 2.75) is 31.7 Å². The smallest absolute Gasteiger partial charge is 0.0558 e. The van der Waals surface area contributed by atoms with E-state index in [-0.39, 0.29) is 6.61 Å². The van der Waals surface area contributed by atoms with Crippen LogP contribution in [-0.4, -0.2) is 49.5 Å². The second-order valence-corrected chi connectivity index (χ2v) is 3.69. The number of aliphatic hydroxyl groups is 1. The Morgan fingerprint density at radius 2 is 2.15 bits per heavy atom. The van der Waals surface area contributed by atoms with E-state index in [1.807, 2.05) is 0 Å². The zero-order valence-electron chi connectivity index (χ0n) is 8.54. The van der Waals surface area contributed by atoms with Gasteiger partial charge < -0.3 is 9.84 Å². The van der Waals surface area contributed by atoms with Crippen LogP contribution in [0, 0.1) is 0 Å². The summed E-state index contributed by atoms with van der Waals surface area (Å²) in [6.45, 7) is 3.01. The van der Waals surface area contributed by atoms with Crippen molar-refractivity contribution in [2.75, 3.05) is 33.4 Å². The summed E-state index contributed by atoms with van der Waals surface area (Å²) in [4.78, 5) is 2.39. The van der Waals surface area contributed by atoms with E-state index in [9.17, 15) is 0 Å². The first kappa shape index (κ1) is 11.0. The summed E-state index contributed by atoms with van der Waals surface area (Å²) >= 11 is 0. The van der Waals surface area contributed by atoms with Gasteiger partial charge in [0, 0.05) is 32.8 Å². The Labute approximate surface area is 80.7 Å². The molecule has 1 saturated carbocycles. The molecule has 0 aromatic rings. The highest BCUT2D eigenvalue weighted by Crippen LogP contribution is 2.24. The van der Waals surface area contributed by atoms with E-state index >= 15 is 0 Å². The minimum atomic E-state index is 0.281. The number of methoxy groups -OCH3 is 1. The second-order valence-electron chi connectivity index (χ2n) is 3.69. The van der Waals surface area contributed by atoms with Crippen molar-refractivity contribution in [3.05, 3.63) is 0 Å². The Morgan fingerprint density at radius 3 is 2.62 bits per heavy atom. The molecular weight excluding hydrogens is 166 g/mol. The molecule has 1 aliphatic carbocycles. The molecule has 0 aliphatic heterocycles. The van der Waals surface area contributed by atoms with Crippen molar-refractivity contribution in [3.8, 4) is 0 Å². The highest BCUT2D eigenvalue weighted by atomic mass is 16.5. The van der Waals surface area contributed by atoms with Crippen LogP contribution in [0.3, 0.4) is 0 Å². The molecule has 0 aromatic heterocycles. The first-order valence-corrected chi connectivity index (χ1v) is 5.22. The predicted molar refractivity (Wildman–Crippen MR) is 52.8 cm³/mol. The summed E-state index contributed by atoms with van der Waals surface area (Å²) in [5.41, 5.74) is 0. The molecule has 1 N–H and O–H groups in total. The molecule has 0 atom stereocenters. The Balaban J connectivity index is 2.12. The van der Waals surface area contributed by atoms with Crippen LogP contribution in [0.2, 0.25) is 0 Å². The lowest BCUT2D eigenvalue weighted by Crippen LogP contribution is -2.42. The maximum atomic E-state index is 8.89. The van der Waals surface area contributed by atoms with Crippen molar-refractivity contribution >= 4 is 0 Å². The molecule has 1 aliphatic rings. The summed E-state index contributed by atoms with van der Waals surface area (Å²) in [6.07, 6.45) is 5.06. The number of rotatable bonds is 7. The second kappa shape index (κ2) is 6.35. The molecular formula is C10H21NO2. The highest BCUT2D eigenvalue weighted by Gasteiger charge is 2.23. The molecule has 78 valence electrons. The van der Waals surface area contributed by atoms with Gasteiger partial charge in [-0.3, -0.25) is 4.90 Å². The minimum absolute atomic E-state index is 0.281. The van der Waals surface area contributed by atoms with Crippen LogP contribution in [0.1, 0.15) is 25.7 Å². The Hall–Kier alpha value is -0.120. The SMILES string of the molecule is COCCCN(CCO)C1CCC1. The first-order chi connectivity index (χ1) is 6.38. The largest absolute Gasteiger partial charge is 0.395 e. The molecule has 1 fully saturated rings. The van der Waals surface area contributed by atoms with E-state index in [2.05, 4.69) is 4.90 Å². The fourth-order valence-corrected chi connectivity index (χ4v) is 1.77. The molecule has 0 aromatic carbocycles. The normalized spacial score (nSPS) is 17.8. The monoisotopic (exact) mass is 187 g/mol. The van der Waals surface area contributed by atoms with Gasteiger partial charge in [0.15, 0.2) is 0 Å². The zero-order chi connectivity index (χ0) is 9.52. The van der Waals surface area contributed by atoms with Crippen molar-refractivity contribution in [3.63, 3.8) is 0 Å². The van der Waals surface area contributed by atoms with E-state index in [0.717, 1.165) is 32.2 Å². The van der Waals surface area contributed by atoms with Crippen LogP contribution in [0.15, 0.2) is 0 Å². The molecule has 0 saturated heterocycles. The van der Waals surface area contributed by atoms with E-state index in [4.69, 9.17) is 9.84 Å². The van der Waals surface area contributed by atoms with Crippen LogP contribution in [0.4, 0.5) is 0 Å². The zero-order valence-corrected chi connectivity index (χ0v) is 8.54. The molecule has 0 spiro atoms.